The second kappa shape index (κ2) is 6.97. The van der Waals surface area contributed by atoms with E-state index in [0.717, 1.165) is 16.8 Å². The van der Waals surface area contributed by atoms with Gasteiger partial charge in [-0.1, -0.05) is 24.3 Å². The van der Waals surface area contributed by atoms with Crippen molar-refractivity contribution in [2.24, 2.45) is 0 Å². The Labute approximate surface area is 147 Å². The highest BCUT2D eigenvalue weighted by molar-refractivity contribution is 6.23. The lowest BCUT2D eigenvalue weighted by Gasteiger charge is -2.19. The van der Waals surface area contributed by atoms with Crippen LogP contribution in [0.15, 0.2) is 42.5 Å². The van der Waals surface area contributed by atoms with Gasteiger partial charge in [0.25, 0.3) is 5.91 Å². The van der Waals surface area contributed by atoms with Crippen LogP contribution >= 0.6 is 0 Å². The number of carbonyl (C=O) groups excluding carboxylic acids is 2. The Morgan fingerprint density at radius 1 is 1.16 bits per heavy atom. The minimum atomic E-state index is -0.589. The molecule has 1 aliphatic heterocycles. The van der Waals surface area contributed by atoms with Gasteiger partial charge in [0.15, 0.2) is 0 Å². The van der Waals surface area contributed by atoms with Crippen LogP contribution in [0.5, 0.6) is 5.75 Å². The number of nitrogens with one attached hydrogen (secondary N) is 1. The molecule has 1 N–H and O–H groups in total. The topological polar surface area (TPSA) is 58.6 Å². The van der Waals surface area contributed by atoms with Gasteiger partial charge in [-0.25, -0.2) is 4.90 Å². The van der Waals surface area contributed by atoms with Gasteiger partial charge < -0.3 is 10.1 Å². The summed E-state index contributed by atoms with van der Waals surface area (Å²) < 4.78 is 5.58. The number of carbonyl (C=O) groups is 2. The maximum atomic E-state index is 12.9. The molecule has 0 saturated carbocycles. The van der Waals surface area contributed by atoms with Crippen molar-refractivity contribution in [1.82, 2.24) is 0 Å². The smallest absolute Gasteiger partial charge is 0.256 e. The van der Waals surface area contributed by atoms with Crippen LogP contribution in [0, 0.1) is 13.8 Å². The number of amides is 2. The number of benzene rings is 2. The fourth-order valence-electron chi connectivity index (χ4n) is 3.01. The third-order valence-electron chi connectivity index (χ3n) is 4.27. The zero-order chi connectivity index (χ0) is 18.0. The molecule has 2 amide bonds. The molecule has 1 unspecified atom stereocenters. The van der Waals surface area contributed by atoms with E-state index in [1.54, 1.807) is 0 Å². The van der Waals surface area contributed by atoms with Crippen LogP contribution in [-0.2, 0) is 9.59 Å². The summed E-state index contributed by atoms with van der Waals surface area (Å²) in [5.41, 5.74) is 3.30. The van der Waals surface area contributed by atoms with Crippen molar-refractivity contribution in [3.63, 3.8) is 0 Å². The first-order valence-corrected chi connectivity index (χ1v) is 8.43. The van der Waals surface area contributed by atoms with Crippen LogP contribution in [0.1, 0.15) is 24.5 Å². The van der Waals surface area contributed by atoms with E-state index < -0.39 is 6.04 Å². The monoisotopic (exact) mass is 338 g/mol. The highest BCUT2D eigenvalue weighted by Crippen LogP contribution is 2.31. The molecule has 1 fully saturated rings. The molecule has 3 rings (SSSR count). The lowest BCUT2D eigenvalue weighted by Crippen LogP contribution is -2.35. The minimum Gasteiger partial charge on any atom is -0.492 e. The van der Waals surface area contributed by atoms with Crippen LogP contribution < -0.4 is 15.0 Å². The number of rotatable bonds is 5. The molecule has 1 saturated heterocycles. The summed E-state index contributed by atoms with van der Waals surface area (Å²) in [5.74, 6) is 0.255. The molecule has 0 aromatic heterocycles. The average Bonchev–Trinajstić information content (AvgIpc) is 2.86. The van der Waals surface area contributed by atoms with Crippen molar-refractivity contribution in [3.05, 3.63) is 53.6 Å². The van der Waals surface area contributed by atoms with E-state index in [1.807, 2.05) is 63.2 Å². The molecule has 0 radical (unpaired) electrons. The van der Waals surface area contributed by atoms with Crippen molar-refractivity contribution in [2.75, 3.05) is 16.8 Å². The molecule has 5 heteroatoms. The first kappa shape index (κ1) is 17.0. The summed E-state index contributed by atoms with van der Waals surface area (Å²) in [6.45, 7) is 6.29. The number of anilines is 2. The highest BCUT2D eigenvalue weighted by atomic mass is 16.5. The van der Waals surface area contributed by atoms with E-state index in [-0.39, 0.29) is 18.2 Å². The third-order valence-corrected chi connectivity index (χ3v) is 4.27. The fourth-order valence-corrected chi connectivity index (χ4v) is 3.01. The van der Waals surface area contributed by atoms with E-state index in [4.69, 9.17) is 4.74 Å². The van der Waals surface area contributed by atoms with Gasteiger partial charge in [-0.2, -0.15) is 0 Å². The SMILES string of the molecule is CCOc1ccccc1NC1CC(=O)N(c2cc(C)ccc2C)C1=O. The Hall–Kier alpha value is -2.82. The summed E-state index contributed by atoms with van der Waals surface area (Å²) in [6.07, 6.45) is 0.132. The summed E-state index contributed by atoms with van der Waals surface area (Å²) in [4.78, 5) is 26.6. The molecular weight excluding hydrogens is 316 g/mol. The molecule has 1 heterocycles. The van der Waals surface area contributed by atoms with Gasteiger partial charge in [-0.3, -0.25) is 9.59 Å². The Morgan fingerprint density at radius 2 is 1.92 bits per heavy atom. The molecule has 25 heavy (non-hydrogen) atoms. The van der Waals surface area contributed by atoms with Crippen molar-refractivity contribution < 1.29 is 14.3 Å². The number of hydrogen-bond donors (Lipinski definition) is 1. The Morgan fingerprint density at radius 3 is 2.68 bits per heavy atom. The predicted octanol–water partition coefficient (Wildman–Crippen LogP) is 3.45. The zero-order valence-corrected chi connectivity index (χ0v) is 14.7. The standard InChI is InChI=1S/C20H22N2O3/c1-4-25-18-8-6-5-7-15(18)21-16-12-19(23)22(20(16)24)17-11-13(2)9-10-14(17)3/h5-11,16,21H,4,12H2,1-3H3. The molecule has 2 aromatic rings. The maximum absolute atomic E-state index is 12.9. The van der Waals surface area contributed by atoms with E-state index in [2.05, 4.69) is 5.32 Å². The number of aryl methyl sites for hydroxylation is 2. The highest BCUT2D eigenvalue weighted by Gasteiger charge is 2.40. The summed E-state index contributed by atoms with van der Waals surface area (Å²) >= 11 is 0. The maximum Gasteiger partial charge on any atom is 0.256 e. The molecular formula is C20H22N2O3. The van der Waals surface area contributed by atoms with Gasteiger partial charge >= 0.3 is 0 Å². The van der Waals surface area contributed by atoms with Crippen molar-refractivity contribution in [2.45, 2.75) is 33.2 Å². The quantitative estimate of drug-likeness (QED) is 0.849. The minimum absolute atomic E-state index is 0.132. The second-order valence-electron chi connectivity index (χ2n) is 6.19. The summed E-state index contributed by atoms with van der Waals surface area (Å²) in [5, 5.41) is 3.17. The van der Waals surface area contributed by atoms with Gasteiger partial charge in [0, 0.05) is 0 Å². The zero-order valence-electron chi connectivity index (χ0n) is 14.7. The fraction of sp³-hybridized carbons (Fsp3) is 0.300. The number of ether oxygens (including phenoxy) is 1. The van der Waals surface area contributed by atoms with Crippen molar-refractivity contribution in [3.8, 4) is 5.75 Å². The molecule has 1 aliphatic rings. The average molecular weight is 338 g/mol. The van der Waals surface area contributed by atoms with E-state index in [1.165, 1.54) is 4.90 Å². The normalized spacial score (nSPS) is 17.1. The van der Waals surface area contributed by atoms with Crippen LogP contribution in [0.2, 0.25) is 0 Å². The van der Waals surface area contributed by atoms with Gasteiger partial charge in [0.2, 0.25) is 5.91 Å². The number of imide groups is 1. The Kier molecular flexibility index (Phi) is 4.74. The van der Waals surface area contributed by atoms with E-state index >= 15 is 0 Å². The first-order valence-electron chi connectivity index (χ1n) is 8.43. The van der Waals surface area contributed by atoms with Crippen molar-refractivity contribution >= 4 is 23.2 Å². The molecule has 0 aliphatic carbocycles. The number of nitrogens with zero attached hydrogens (tertiary/aromatic N) is 1. The van der Waals surface area contributed by atoms with Crippen molar-refractivity contribution in [1.29, 1.82) is 0 Å². The number of hydrogen-bond acceptors (Lipinski definition) is 4. The molecule has 0 spiro atoms. The van der Waals surface area contributed by atoms with Gasteiger partial charge in [-0.15, -0.1) is 0 Å². The largest absolute Gasteiger partial charge is 0.492 e. The molecule has 0 bridgehead atoms. The summed E-state index contributed by atoms with van der Waals surface area (Å²) in [6, 6.07) is 12.6. The predicted molar refractivity (Wildman–Crippen MR) is 98.0 cm³/mol. The third kappa shape index (κ3) is 3.36. The van der Waals surface area contributed by atoms with E-state index in [9.17, 15) is 9.59 Å². The molecule has 2 aromatic carbocycles. The van der Waals surface area contributed by atoms with Crippen LogP contribution in [0.4, 0.5) is 11.4 Å². The summed E-state index contributed by atoms with van der Waals surface area (Å²) in [7, 11) is 0. The lowest BCUT2D eigenvalue weighted by atomic mass is 10.1. The van der Waals surface area contributed by atoms with E-state index in [0.29, 0.717) is 18.0 Å². The first-order chi connectivity index (χ1) is 12.0. The lowest BCUT2D eigenvalue weighted by molar-refractivity contribution is -0.121. The Bertz CT molecular complexity index is 816. The van der Waals surface area contributed by atoms with Crippen LogP contribution in [0.25, 0.3) is 0 Å². The Balaban J connectivity index is 1.86. The van der Waals surface area contributed by atoms with Gasteiger partial charge in [-0.05, 0) is 50.1 Å². The van der Waals surface area contributed by atoms with Crippen LogP contribution in [0.3, 0.4) is 0 Å². The number of para-hydroxylation sites is 2. The second-order valence-corrected chi connectivity index (χ2v) is 6.19. The van der Waals surface area contributed by atoms with Gasteiger partial charge in [0.05, 0.1) is 24.4 Å². The molecule has 1 atom stereocenters. The van der Waals surface area contributed by atoms with Gasteiger partial charge in [0.1, 0.15) is 11.8 Å². The molecule has 5 nitrogen and oxygen atoms in total. The molecule has 130 valence electrons. The van der Waals surface area contributed by atoms with Crippen LogP contribution in [-0.4, -0.2) is 24.5 Å².